The fourth-order valence-corrected chi connectivity index (χ4v) is 2.38. The van der Waals surface area contributed by atoms with Crippen LogP contribution in [0, 0.1) is 11.6 Å². The minimum absolute atomic E-state index is 0.274. The summed E-state index contributed by atoms with van der Waals surface area (Å²) in [6.07, 6.45) is 0. The third-order valence-electron chi connectivity index (χ3n) is 2.63. The van der Waals surface area contributed by atoms with Crippen LogP contribution < -0.4 is 11.3 Å². The number of hydrogen-bond acceptors (Lipinski definition) is 5. The molecule has 4 nitrogen and oxygen atoms in total. The summed E-state index contributed by atoms with van der Waals surface area (Å²) in [7, 11) is 0. The molecule has 1 aromatic carbocycles. The minimum Gasteiger partial charge on any atom is -0.308 e. The number of anilines is 1. The van der Waals surface area contributed by atoms with E-state index in [1.807, 2.05) is 20.8 Å². The molecule has 0 spiro atoms. The quantitative estimate of drug-likeness (QED) is 0.516. The van der Waals surface area contributed by atoms with Crippen LogP contribution in [0.25, 0.3) is 0 Å². The molecule has 0 amide bonds. The second kappa shape index (κ2) is 5.95. The van der Waals surface area contributed by atoms with E-state index in [0.717, 1.165) is 17.8 Å². The standard InChI is InChI=1S/C14H16F2N4S/c1-14(2,3)13-18-11(20-17)7-12(19-13)21-10-5-4-8(15)6-9(10)16/h4-7H,17H2,1-3H3,(H,18,19,20). The van der Waals surface area contributed by atoms with Crippen LogP contribution in [0.4, 0.5) is 14.6 Å². The molecule has 0 aliphatic heterocycles. The monoisotopic (exact) mass is 310 g/mol. The van der Waals surface area contributed by atoms with Gasteiger partial charge in [0.1, 0.15) is 28.3 Å². The van der Waals surface area contributed by atoms with Crippen LogP contribution in [-0.4, -0.2) is 9.97 Å². The molecule has 0 saturated heterocycles. The summed E-state index contributed by atoms with van der Waals surface area (Å²) in [6, 6.07) is 5.04. The first-order valence-electron chi connectivity index (χ1n) is 6.28. The van der Waals surface area contributed by atoms with Crippen LogP contribution in [0.5, 0.6) is 0 Å². The van der Waals surface area contributed by atoms with Crippen molar-refractivity contribution in [3.8, 4) is 0 Å². The summed E-state index contributed by atoms with van der Waals surface area (Å²) in [6.45, 7) is 5.90. The van der Waals surface area contributed by atoms with Gasteiger partial charge in [-0.3, -0.25) is 0 Å². The molecule has 1 heterocycles. The number of nitrogen functional groups attached to an aromatic ring is 1. The number of hydrazine groups is 1. The van der Waals surface area contributed by atoms with E-state index < -0.39 is 11.6 Å². The largest absolute Gasteiger partial charge is 0.308 e. The van der Waals surface area contributed by atoms with Crippen molar-refractivity contribution < 1.29 is 8.78 Å². The maximum absolute atomic E-state index is 13.7. The van der Waals surface area contributed by atoms with Gasteiger partial charge in [0.15, 0.2) is 0 Å². The smallest absolute Gasteiger partial charge is 0.144 e. The lowest BCUT2D eigenvalue weighted by Gasteiger charge is -2.18. The third kappa shape index (κ3) is 3.89. The predicted molar refractivity (Wildman–Crippen MR) is 79.0 cm³/mol. The van der Waals surface area contributed by atoms with Crippen molar-refractivity contribution in [1.29, 1.82) is 0 Å². The van der Waals surface area contributed by atoms with E-state index in [1.165, 1.54) is 12.1 Å². The molecular formula is C14H16F2N4S. The molecule has 2 rings (SSSR count). The maximum Gasteiger partial charge on any atom is 0.144 e. The average molecular weight is 310 g/mol. The number of nitrogens with two attached hydrogens (primary N) is 1. The number of rotatable bonds is 3. The van der Waals surface area contributed by atoms with E-state index in [4.69, 9.17) is 5.84 Å². The molecule has 0 aliphatic carbocycles. The predicted octanol–water partition coefficient (Wildman–Crippen LogP) is 3.49. The van der Waals surface area contributed by atoms with Crippen molar-refractivity contribution in [1.82, 2.24) is 9.97 Å². The van der Waals surface area contributed by atoms with Crippen LogP contribution in [0.2, 0.25) is 0 Å². The molecule has 21 heavy (non-hydrogen) atoms. The van der Waals surface area contributed by atoms with E-state index in [0.29, 0.717) is 16.7 Å². The van der Waals surface area contributed by atoms with Gasteiger partial charge >= 0.3 is 0 Å². The first-order chi connectivity index (χ1) is 9.79. The van der Waals surface area contributed by atoms with Crippen LogP contribution in [0.15, 0.2) is 34.2 Å². The Bertz CT molecular complexity index is 656. The van der Waals surface area contributed by atoms with Gasteiger partial charge in [-0.1, -0.05) is 32.5 Å². The van der Waals surface area contributed by atoms with E-state index in [1.54, 1.807) is 6.07 Å². The van der Waals surface area contributed by atoms with Gasteiger partial charge in [0, 0.05) is 22.4 Å². The van der Waals surface area contributed by atoms with Crippen molar-refractivity contribution in [2.24, 2.45) is 5.84 Å². The highest BCUT2D eigenvalue weighted by Gasteiger charge is 2.19. The highest BCUT2D eigenvalue weighted by Crippen LogP contribution is 2.31. The second-order valence-corrected chi connectivity index (χ2v) is 6.55. The molecule has 7 heteroatoms. The van der Waals surface area contributed by atoms with Gasteiger partial charge in [-0.25, -0.2) is 24.6 Å². The van der Waals surface area contributed by atoms with Gasteiger partial charge in [-0.05, 0) is 12.1 Å². The van der Waals surface area contributed by atoms with E-state index >= 15 is 0 Å². The molecule has 0 fully saturated rings. The Morgan fingerprint density at radius 2 is 1.86 bits per heavy atom. The molecule has 3 N–H and O–H groups in total. The van der Waals surface area contributed by atoms with Crippen molar-refractivity contribution in [2.75, 3.05) is 5.43 Å². The Balaban J connectivity index is 2.39. The first kappa shape index (κ1) is 15.7. The zero-order valence-corrected chi connectivity index (χ0v) is 12.8. The molecule has 112 valence electrons. The molecule has 0 radical (unpaired) electrons. The molecule has 1 aromatic heterocycles. The van der Waals surface area contributed by atoms with Crippen LogP contribution in [0.3, 0.4) is 0 Å². The van der Waals surface area contributed by atoms with Crippen molar-refractivity contribution in [3.05, 3.63) is 41.7 Å². The summed E-state index contributed by atoms with van der Waals surface area (Å²) < 4.78 is 26.6. The van der Waals surface area contributed by atoms with Gasteiger partial charge in [-0.2, -0.15) is 0 Å². The number of nitrogens with zero attached hydrogens (tertiary/aromatic N) is 2. The Labute approximate surface area is 126 Å². The lowest BCUT2D eigenvalue weighted by Crippen LogP contribution is -2.19. The highest BCUT2D eigenvalue weighted by molar-refractivity contribution is 7.99. The number of hydrogen-bond donors (Lipinski definition) is 2. The SMILES string of the molecule is CC(C)(C)c1nc(NN)cc(Sc2ccc(F)cc2F)n1. The van der Waals surface area contributed by atoms with Crippen LogP contribution in [0.1, 0.15) is 26.6 Å². The normalized spacial score (nSPS) is 11.5. The lowest BCUT2D eigenvalue weighted by atomic mass is 9.96. The molecule has 2 aromatic rings. The number of nitrogens with one attached hydrogen (secondary N) is 1. The molecular weight excluding hydrogens is 294 g/mol. The Morgan fingerprint density at radius 3 is 2.43 bits per heavy atom. The van der Waals surface area contributed by atoms with Gasteiger partial charge in [0.25, 0.3) is 0 Å². The summed E-state index contributed by atoms with van der Waals surface area (Å²) in [4.78, 5) is 8.98. The molecule has 0 aliphatic rings. The first-order valence-corrected chi connectivity index (χ1v) is 7.10. The van der Waals surface area contributed by atoms with Gasteiger partial charge in [0.05, 0.1) is 0 Å². The van der Waals surface area contributed by atoms with Gasteiger partial charge in [0.2, 0.25) is 0 Å². The van der Waals surface area contributed by atoms with Crippen molar-refractivity contribution in [2.45, 2.75) is 36.1 Å². The Hall–Kier alpha value is -1.73. The third-order valence-corrected chi connectivity index (χ3v) is 3.60. The summed E-state index contributed by atoms with van der Waals surface area (Å²) in [5, 5.41) is 0.536. The Kier molecular flexibility index (Phi) is 4.43. The lowest BCUT2D eigenvalue weighted by molar-refractivity contribution is 0.539. The van der Waals surface area contributed by atoms with Crippen molar-refractivity contribution in [3.63, 3.8) is 0 Å². The average Bonchev–Trinajstić information content (AvgIpc) is 2.40. The van der Waals surface area contributed by atoms with Crippen molar-refractivity contribution >= 4 is 17.6 Å². The molecule has 0 bridgehead atoms. The van der Waals surface area contributed by atoms with E-state index in [9.17, 15) is 8.78 Å². The topological polar surface area (TPSA) is 63.8 Å². The van der Waals surface area contributed by atoms with Gasteiger partial charge < -0.3 is 5.43 Å². The molecule has 0 saturated carbocycles. The maximum atomic E-state index is 13.7. The van der Waals surface area contributed by atoms with E-state index in [2.05, 4.69) is 15.4 Å². The summed E-state index contributed by atoms with van der Waals surface area (Å²) >= 11 is 1.09. The second-order valence-electron chi connectivity index (χ2n) is 5.49. The van der Waals surface area contributed by atoms with E-state index in [-0.39, 0.29) is 10.3 Å². The van der Waals surface area contributed by atoms with Crippen LogP contribution >= 0.6 is 11.8 Å². The highest BCUT2D eigenvalue weighted by atomic mass is 32.2. The fourth-order valence-electron chi connectivity index (χ4n) is 1.56. The van der Waals surface area contributed by atoms with Crippen LogP contribution in [-0.2, 0) is 5.41 Å². The summed E-state index contributed by atoms with van der Waals surface area (Å²) in [5.74, 6) is 5.19. The number of aromatic nitrogens is 2. The molecule has 0 atom stereocenters. The fraction of sp³-hybridized carbons (Fsp3) is 0.286. The van der Waals surface area contributed by atoms with Gasteiger partial charge in [-0.15, -0.1) is 0 Å². The minimum atomic E-state index is -0.627. The zero-order valence-electron chi connectivity index (χ0n) is 11.9. The number of benzene rings is 1. The zero-order chi connectivity index (χ0) is 15.6. The Morgan fingerprint density at radius 1 is 1.14 bits per heavy atom. The number of halogens is 2. The molecule has 0 unspecified atom stereocenters. The summed E-state index contributed by atoms with van der Waals surface area (Å²) in [5.41, 5.74) is 2.20.